The normalized spacial score (nSPS) is 11.6. The Kier molecular flexibility index (Phi) is 5.83. The number of halogens is 2. The van der Waals surface area contributed by atoms with E-state index in [-0.39, 0.29) is 12.3 Å². The number of alkyl halides is 2. The molecule has 0 aliphatic rings. The molecule has 1 rings (SSSR count). The monoisotopic (exact) mass is 309 g/mol. The lowest BCUT2D eigenvalue weighted by Crippen LogP contribution is -2.31. The molecule has 0 unspecified atom stereocenters. The summed E-state index contributed by atoms with van der Waals surface area (Å²) in [4.78, 5) is 10.3. The van der Waals surface area contributed by atoms with Crippen molar-refractivity contribution in [2.75, 3.05) is 12.3 Å². The first-order valence-electron chi connectivity index (χ1n) is 5.51. The van der Waals surface area contributed by atoms with Crippen LogP contribution in [0.4, 0.5) is 8.78 Å². The summed E-state index contributed by atoms with van der Waals surface area (Å²) in [6.07, 6.45) is 0.299. The largest absolute Gasteiger partial charge is 0.480 e. The number of benzene rings is 1. The molecular weight excluding hydrogens is 296 g/mol. The maximum absolute atomic E-state index is 11.9. The number of nitrogens with one attached hydrogen (secondary N) is 1. The van der Waals surface area contributed by atoms with Gasteiger partial charge in [-0.15, -0.1) is 0 Å². The van der Waals surface area contributed by atoms with Crippen molar-refractivity contribution >= 4 is 16.0 Å². The molecule has 20 heavy (non-hydrogen) atoms. The van der Waals surface area contributed by atoms with Crippen molar-refractivity contribution < 1.29 is 31.8 Å². The van der Waals surface area contributed by atoms with Crippen molar-refractivity contribution in [3.63, 3.8) is 0 Å². The van der Waals surface area contributed by atoms with Gasteiger partial charge in [0.2, 0.25) is 10.0 Å². The highest BCUT2D eigenvalue weighted by Crippen LogP contribution is 2.14. The fourth-order valence-electron chi connectivity index (χ4n) is 1.40. The average Bonchev–Trinajstić information content (AvgIpc) is 2.28. The maximum Gasteiger partial charge on any atom is 0.387 e. The van der Waals surface area contributed by atoms with E-state index in [0.717, 1.165) is 0 Å². The minimum atomic E-state index is -3.85. The van der Waals surface area contributed by atoms with Crippen molar-refractivity contribution in [1.29, 1.82) is 0 Å². The number of rotatable bonds is 8. The molecule has 0 spiro atoms. The Bertz CT molecular complexity index is 544. The van der Waals surface area contributed by atoms with Gasteiger partial charge in [-0.25, -0.2) is 13.1 Å². The molecule has 0 fully saturated rings. The Morgan fingerprint density at radius 1 is 1.30 bits per heavy atom. The van der Waals surface area contributed by atoms with E-state index in [2.05, 4.69) is 9.46 Å². The van der Waals surface area contributed by atoms with Crippen LogP contribution in [-0.2, 0) is 21.2 Å². The molecule has 0 amide bonds. The minimum Gasteiger partial charge on any atom is -0.480 e. The minimum absolute atomic E-state index is 0.00945. The summed E-state index contributed by atoms with van der Waals surface area (Å²) in [6, 6.07) is 5.72. The Labute approximate surface area is 114 Å². The fraction of sp³-hybridized carbons (Fsp3) is 0.364. The summed E-state index contributed by atoms with van der Waals surface area (Å²) in [5.41, 5.74) is 0.699. The van der Waals surface area contributed by atoms with Crippen LogP contribution in [0.15, 0.2) is 24.3 Å². The molecule has 2 N–H and O–H groups in total. The van der Waals surface area contributed by atoms with Gasteiger partial charge in [0, 0.05) is 6.54 Å². The van der Waals surface area contributed by atoms with E-state index in [1.54, 1.807) is 0 Å². The lowest BCUT2D eigenvalue weighted by Gasteiger charge is -2.07. The number of hydrogen-bond donors (Lipinski definition) is 2. The molecule has 0 aromatic heterocycles. The topological polar surface area (TPSA) is 92.7 Å². The van der Waals surface area contributed by atoms with Gasteiger partial charge in [0.15, 0.2) is 5.75 Å². The molecule has 6 nitrogen and oxygen atoms in total. The molecular formula is C11H13F2NO5S. The van der Waals surface area contributed by atoms with Crippen molar-refractivity contribution in [3.05, 3.63) is 29.8 Å². The summed E-state index contributed by atoms with van der Waals surface area (Å²) in [5, 5.41) is 8.37. The van der Waals surface area contributed by atoms with E-state index in [0.29, 0.717) is 12.0 Å². The van der Waals surface area contributed by atoms with Crippen LogP contribution in [-0.4, -0.2) is 38.4 Å². The van der Waals surface area contributed by atoms with Crippen LogP contribution >= 0.6 is 0 Å². The Morgan fingerprint density at radius 2 is 1.90 bits per heavy atom. The summed E-state index contributed by atoms with van der Waals surface area (Å²) in [6.45, 7) is -2.88. The van der Waals surface area contributed by atoms with Gasteiger partial charge in [-0.2, -0.15) is 8.78 Å². The van der Waals surface area contributed by atoms with E-state index < -0.39 is 28.4 Å². The van der Waals surface area contributed by atoms with E-state index in [1.807, 2.05) is 0 Å². The van der Waals surface area contributed by atoms with Gasteiger partial charge in [-0.1, -0.05) is 12.1 Å². The molecule has 0 saturated heterocycles. The number of hydrogen-bond acceptors (Lipinski definition) is 4. The molecule has 9 heteroatoms. The molecule has 0 saturated carbocycles. The van der Waals surface area contributed by atoms with Crippen molar-refractivity contribution in [2.24, 2.45) is 0 Å². The zero-order valence-corrected chi connectivity index (χ0v) is 11.1. The van der Waals surface area contributed by atoms with Crippen molar-refractivity contribution in [3.8, 4) is 5.75 Å². The third kappa shape index (κ3) is 6.43. The van der Waals surface area contributed by atoms with Crippen LogP contribution < -0.4 is 9.46 Å². The highest BCUT2D eigenvalue weighted by atomic mass is 32.2. The van der Waals surface area contributed by atoms with Gasteiger partial charge >= 0.3 is 12.6 Å². The molecule has 0 atom stereocenters. The van der Waals surface area contributed by atoms with Crippen LogP contribution in [0.5, 0.6) is 5.75 Å². The first-order chi connectivity index (χ1) is 9.28. The van der Waals surface area contributed by atoms with Crippen LogP contribution in [0.25, 0.3) is 0 Å². The van der Waals surface area contributed by atoms with Crippen molar-refractivity contribution in [2.45, 2.75) is 13.0 Å². The number of sulfonamides is 1. The smallest absolute Gasteiger partial charge is 0.387 e. The van der Waals surface area contributed by atoms with Gasteiger partial charge < -0.3 is 9.84 Å². The predicted octanol–water partition coefficient (Wildman–Crippen LogP) is 0.835. The van der Waals surface area contributed by atoms with Crippen LogP contribution in [0.1, 0.15) is 5.56 Å². The number of carboxylic acid groups (broad SMARTS) is 1. The number of carbonyl (C=O) groups is 1. The van der Waals surface area contributed by atoms with Crippen LogP contribution in [0, 0.1) is 0 Å². The molecule has 112 valence electrons. The van der Waals surface area contributed by atoms with Crippen LogP contribution in [0.2, 0.25) is 0 Å². The second kappa shape index (κ2) is 7.15. The second-order valence-electron chi connectivity index (χ2n) is 3.82. The van der Waals surface area contributed by atoms with Gasteiger partial charge in [-0.3, -0.25) is 4.79 Å². The van der Waals surface area contributed by atoms with E-state index in [1.165, 1.54) is 24.3 Å². The van der Waals surface area contributed by atoms with E-state index in [9.17, 15) is 22.0 Å². The van der Waals surface area contributed by atoms with Crippen molar-refractivity contribution in [1.82, 2.24) is 4.72 Å². The zero-order valence-electron chi connectivity index (χ0n) is 10.3. The Hall–Kier alpha value is -1.74. The molecule has 1 aromatic rings. The third-order valence-electron chi connectivity index (χ3n) is 2.20. The highest BCUT2D eigenvalue weighted by Gasteiger charge is 2.14. The molecule has 0 heterocycles. The number of carboxylic acids is 1. The quantitative estimate of drug-likeness (QED) is 0.742. The Balaban J connectivity index is 2.44. The van der Waals surface area contributed by atoms with E-state index >= 15 is 0 Å². The SMILES string of the molecule is O=C(O)CS(=O)(=O)NCCc1ccc(OC(F)F)cc1. The first-order valence-corrected chi connectivity index (χ1v) is 7.16. The third-order valence-corrected chi connectivity index (χ3v) is 3.47. The van der Waals surface area contributed by atoms with E-state index in [4.69, 9.17) is 5.11 Å². The summed E-state index contributed by atoms with van der Waals surface area (Å²) >= 11 is 0. The molecule has 0 bridgehead atoms. The van der Waals surface area contributed by atoms with Crippen LogP contribution in [0.3, 0.4) is 0 Å². The summed E-state index contributed by atoms with van der Waals surface area (Å²) < 4.78 is 52.5. The summed E-state index contributed by atoms with van der Waals surface area (Å²) in [7, 11) is -3.85. The first kappa shape index (κ1) is 16.3. The molecule has 0 aliphatic heterocycles. The van der Waals surface area contributed by atoms with Gasteiger partial charge in [-0.05, 0) is 24.1 Å². The standard InChI is InChI=1S/C11H13F2NO5S/c12-11(13)19-9-3-1-8(2-4-9)5-6-14-20(17,18)7-10(15)16/h1-4,11,14H,5-7H2,(H,15,16). The lowest BCUT2D eigenvalue weighted by atomic mass is 10.1. The maximum atomic E-state index is 11.9. The highest BCUT2D eigenvalue weighted by molar-refractivity contribution is 7.90. The van der Waals surface area contributed by atoms with Gasteiger partial charge in [0.05, 0.1) is 0 Å². The number of aliphatic carboxylic acids is 1. The zero-order chi connectivity index (χ0) is 15.2. The lowest BCUT2D eigenvalue weighted by molar-refractivity contribution is -0.134. The summed E-state index contributed by atoms with van der Waals surface area (Å²) in [5.74, 6) is -2.42. The van der Waals surface area contributed by atoms with Gasteiger partial charge in [0.1, 0.15) is 5.75 Å². The second-order valence-corrected chi connectivity index (χ2v) is 5.63. The molecule has 0 aliphatic carbocycles. The molecule has 0 radical (unpaired) electrons. The Morgan fingerprint density at radius 3 is 2.40 bits per heavy atom. The fourth-order valence-corrected chi connectivity index (χ4v) is 2.24. The average molecular weight is 309 g/mol. The molecule has 1 aromatic carbocycles. The predicted molar refractivity (Wildman–Crippen MR) is 66.2 cm³/mol. The van der Waals surface area contributed by atoms with Gasteiger partial charge in [0.25, 0.3) is 0 Å². The number of ether oxygens (including phenoxy) is 1.